The molecule has 0 aromatic carbocycles. The first kappa shape index (κ1) is 10.9. The van der Waals surface area contributed by atoms with Gasteiger partial charge in [0.2, 0.25) is 0 Å². The predicted molar refractivity (Wildman–Crippen MR) is 65.6 cm³/mol. The van der Waals surface area contributed by atoms with Gasteiger partial charge in [0.15, 0.2) is 0 Å². The smallest absolute Gasteiger partial charge is 0.0320 e. The van der Waals surface area contributed by atoms with Crippen LogP contribution < -0.4 is 5.73 Å². The molecular weight excluding hydrogens is 182 g/mol. The van der Waals surface area contributed by atoms with E-state index in [-0.39, 0.29) is 0 Å². The Balaban J connectivity index is 1.95. The molecule has 2 atom stereocenters. The van der Waals surface area contributed by atoms with Gasteiger partial charge < -0.3 is 5.73 Å². The van der Waals surface area contributed by atoms with E-state index in [9.17, 15) is 0 Å². The van der Waals surface area contributed by atoms with Crippen LogP contribution in [0.1, 0.15) is 45.4 Å². The van der Waals surface area contributed by atoms with Crippen LogP contribution in [0.15, 0.2) is 23.8 Å². The normalized spacial score (nSPS) is 30.0. The Kier molecular flexibility index (Phi) is 3.63. The minimum atomic E-state index is 0.300. The molecule has 0 heterocycles. The maximum absolute atomic E-state index is 6.35. The monoisotopic (exact) mass is 205 g/mol. The van der Waals surface area contributed by atoms with Crippen LogP contribution in [-0.2, 0) is 0 Å². The first-order valence-electron chi connectivity index (χ1n) is 6.41. The van der Waals surface area contributed by atoms with E-state index in [1.807, 2.05) is 0 Å². The van der Waals surface area contributed by atoms with Gasteiger partial charge in [0.25, 0.3) is 0 Å². The van der Waals surface area contributed by atoms with Crippen LogP contribution in [0.3, 0.4) is 0 Å². The number of allylic oxidation sites excluding steroid dienone is 2. The summed E-state index contributed by atoms with van der Waals surface area (Å²) >= 11 is 0. The second-order valence-electron chi connectivity index (χ2n) is 5.20. The minimum absolute atomic E-state index is 0.300. The van der Waals surface area contributed by atoms with Crippen LogP contribution in [0.25, 0.3) is 0 Å². The van der Waals surface area contributed by atoms with Gasteiger partial charge in [-0.1, -0.05) is 44.4 Å². The lowest BCUT2D eigenvalue weighted by atomic mass is 9.80. The van der Waals surface area contributed by atoms with Gasteiger partial charge >= 0.3 is 0 Å². The first-order chi connectivity index (χ1) is 7.27. The van der Waals surface area contributed by atoms with Crippen molar-refractivity contribution < 1.29 is 0 Å². The van der Waals surface area contributed by atoms with Crippen molar-refractivity contribution in [1.29, 1.82) is 0 Å². The van der Waals surface area contributed by atoms with Gasteiger partial charge in [-0.3, -0.25) is 0 Å². The van der Waals surface area contributed by atoms with E-state index in [1.165, 1.54) is 44.1 Å². The standard InChI is InChI=1S/C14H23N/c1-11-7-9-13(10-8-11)14(15)12-5-3-2-4-6-12/h7,9-12,14H,2-6,8,15H2,1H3. The molecule has 2 aliphatic carbocycles. The number of rotatable bonds is 2. The number of hydrogen-bond acceptors (Lipinski definition) is 1. The maximum atomic E-state index is 6.35. The third kappa shape index (κ3) is 2.72. The molecule has 0 saturated heterocycles. The van der Waals surface area contributed by atoms with Crippen molar-refractivity contribution in [3.63, 3.8) is 0 Å². The van der Waals surface area contributed by atoms with E-state index in [4.69, 9.17) is 5.73 Å². The molecule has 0 aromatic heterocycles. The Morgan fingerprint density at radius 1 is 1.27 bits per heavy atom. The highest BCUT2D eigenvalue weighted by molar-refractivity contribution is 5.28. The molecule has 1 heteroatoms. The van der Waals surface area contributed by atoms with Crippen molar-refractivity contribution in [3.05, 3.63) is 23.8 Å². The van der Waals surface area contributed by atoms with Gasteiger partial charge in [-0.25, -0.2) is 0 Å². The zero-order valence-corrected chi connectivity index (χ0v) is 9.78. The van der Waals surface area contributed by atoms with E-state index in [0.717, 1.165) is 5.92 Å². The number of hydrogen-bond donors (Lipinski definition) is 1. The van der Waals surface area contributed by atoms with Crippen LogP contribution in [0.4, 0.5) is 0 Å². The zero-order chi connectivity index (χ0) is 10.7. The average Bonchev–Trinajstić information content (AvgIpc) is 2.30. The molecular formula is C14H23N. The molecule has 2 rings (SSSR count). The van der Waals surface area contributed by atoms with E-state index in [0.29, 0.717) is 12.0 Å². The summed E-state index contributed by atoms with van der Waals surface area (Å²) in [4.78, 5) is 0. The molecule has 1 nitrogen and oxygen atoms in total. The average molecular weight is 205 g/mol. The van der Waals surface area contributed by atoms with Crippen LogP contribution in [-0.4, -0.2) is 6.04 Å². The highest BCUT2D eigenvalue weighted by Gasteiger charge is 2.23. The summed E-state index contributed by atoms with van der Waals surface area (Å²) in [5.41, 5.74) is 7.74. The Hall–Kier alpha value is -0.560. The molecule has 2 aliphatic rings. The highest BCUT2D eigenvalue weighted by Crippen LogP contribution is 2.30. The zero-order valence-electron chi connectivity index (χ0n) is 9.78. The van der Waals surface area contributed by atoms with Crippen molar-refractivity contribution in [1.82, 2.24) is 0 Å². The van der Waals surface area contributed by atoms with Crippen molar-refractivity contribution in [3.8, 4) is 0 Å². The predicted octanol–water partition coefficient (Wildman–Crippen LogP) is 3.42. The lowest BCUT2D eigenvalue weighted by Gasteiger charge is -2.29. The van der Waals surface area contributed by atoms with Crippen molar-refractivity contribution >= 4 is 0 Å². The van der Waals surface area contributed by atoms with Gasteiger partial charge in [0.05, 0.1) is 0 Å². The van der Waals surface area contributed by atoms with E-state index < -0.39 is 0 Å². The first-order valence-corrected chi connectivity index (χ1v) is 6.41. The third-order valence-electron chi connectivity index (χ3n) is 3.89. The Labute approximate surface area is 93.4 Å². The fourth-order valence-corrected chi connectivity index (χ4v) is 2.76. The van der Waals surface area contributed by atoms with E-state index in [2.05, 4.69) is 25.2 Å². The van der Waals surface area contributed by atoms with Gasteiger partial charge in [-0.05, 0) is 36.7 Å². The summed E-state index contributed by atoms with van der Waals surface area (Å²) in [6.45, 7) is 2.26. The molecule has 0 aliphatic heterocycles. The molecule has 0 bridgehead atoms. The molecule has 1 fully saturated rings. The Morgan fingerprint density at radius 2 is 2.00 bits per heavy atom. The second kappa shape index (κ2) is 4.98. The van der Waals surface area contributed by atoms with Gasteiger partial charge in [0, 0.05) is 6.04 Å². The fourth-order valence-electron chi connectivity index (χ4n) is 2.76. The summed E-state index contributed by atoms with van der Waals surface area (Å²) in [7, 11) is 0. The molecule has 0 aromatic rings. The molecule has 2 unspecified atom stereocenters. The van der Waals surface area contributed by atoms with Crippen molar-refractivity contribution in [2.24, 2.45) is 17.6 Å². The molecule has 84 valence electrons. The van der Waals surface area contributed by atoms with Crippen LogP contribution in [0.5, 0.6) is 0 Å². The maximum Gasteiger partial charge on any atom is 0.0320 e. The lowest BCUT2D eigenvalue weighted by molar-refractivity contribution is 0.326. The second-order valence-corrected chi connectivity index (χ2v) is 5.20. The highest BCUT2D eigenvalue weighted by atomic mass is 14.7. The SMILES string of the molecule is CC1C=CC(C(N)C2CCCCC2)=CC1. The molecule has 2 N–H and O–H groups in total. The summed E-state index contributed by atoms with van der Waals surface area (Å²) in [5.74, 6) is 1.44. The molecule has 0 spiro atoms. The number of nitrogens with two attached hydrogens (primary N) is 1. The molecule has 0 amide bonds. The summed E-state index contributed by atoms with van der Waals surface area (Å²) in [6.07, 6.45) is 14.9. The molecule has 1 saturated carbocycles. The topological polar surface area (TPSA) is 26.0 Å². The fraction of sp³-hybridized carbons (Fsp3) is 0.714. The van der Waals surface area contributed by atoms with Gasteiger partial charge in [-0.2, -0.15) is 0 Å². The van der Waals surface area contributed by atoms with Crippen LogP contribution >= 0.6 is 0 Å². The molecule has 15 heavy (non-hydrogen) atoms. The van der Waals surface area contributed by atoms with Crippen LogP contribution in [0, 0.1) is 11.8 Å². The minimum Gasteiger partial charge on any atom is -0.324 e. The van der Waals surface area contributed by atoms with Crippen LogP contribution in [0.2, 0.25) is 0 Å². The van der Waals surface area contributed by atoms with E-state index in [1.54, 1.807) is 0 Å². The Bertz CT molecular complexity index is 259. The summed E-state index contributed by atoms with van der Waals surface area (Å²) in [5, 5.41) is 0. The van der Waals surface area contributed by atoms with Crippen molar-refractivity contribution in [2.75, 3.05) is 0 Å². The third-order valence-corrected chi connectivity index (χ3v) is 3.89. The lowest BCUT2D eigenvalue weighted by Crippen LogP contribution is -2.33. The largest absolute Gasteiger partial charge is 0.324 e. The molecule has 0 radical (unpaired) electrons. The van der Waals surface area contributed by atoms with E-state index >= 15 is 0 Å². The Morgan fingerprint density at radius 3 is 2.60 bits per heavy atom. The van der Waals surface area contributed by atoms with Gasteiger partial charge in [-0.15, -0.1) is 0 Å². The quantitative estimate of drug-likeness (QED) is 0.734. The summed E-state index contributed by atoms with van der Waals surface area (Å²) < 4.78 is 0. The summed E-state index contributed by atoms with van der Waals surface area (Å²) in [6, 6.07) is 0.300. The van der Waals surface area contributed by atoms with Gasteiger partial charge in [0.1, 0.15) is 0 Å². The van der Waals surface area contributed by atoms with Crippen molar-refractivity contribution in [2.45, 2.75) is 51.5 Å².